The predicted molar refractivity (Wildman–Crippen MR) is 113 cm³/mol. The van der Waals surface area contributed by atoms with Gasteiger partial charge < -0.3 is 10.6 Å². The zero-order valence-electron chi connectivity index (χ0n) is 15.6. The standard InChI is InChI=1S/C24H19N3O2/c28-23(26-20-15-7-13-19-14-8-16-25-22(19)20)24(29)27-21(17-9-3-1-4-10-17)18-11-5-2-6-12-18/h1-16,21H,(H,26,28)(H,27,29). The van der Waals surface area contributed by atoms with Crippen LogP contribution in [0.3, 0.4) is 0 Å². The Morgan fingerprint density at radius 2 is 1.31 bits per heavy atom. The van der Waals surface area contributed by atoms with Crippen molar-refractivity contribution < 1.29 is 9.59 Å². The van der Waals surface area contributed by atoms with E-state index in [4.69, 9.17) is 0 Å². The number of amides is 2. The summed E-state index contributed by atoms with van der Waals surface area (Å²) >= 11 is 0. The van der Waals surface area contributed by atoms with Gasteiger partial charge in [-0.3, -0.25) is 14.6 Å². The summed E-state index contributed by atoms with van der Waals surface area (Å²) in [4.78, 5) is 29.6. The van der Waals surface area contributed by atoms with Crippen LogP contribution in [0.25, 0.3) is 10.9 Å². The number of para-hydroxylation sites is 1. The number of aromatic nitrogens is 1. The molecule has 142 valence electrons. The average molecular weight is 381 g/mol. The van der Waals surface area contributed by atoms with E-state index in [1.165, 1.54) is 0 Å². The molecular formula is C24H19N3O2. The van der Waals surface area contributed by atoms with E-state index in [0.717, 1.165) is 16.5 Å². The Hall–Kier alpha value is -3.99. The third kappa shape index (κ3) is 4.14. The molecule has 5 heteroatoms. The van der Waals surface area contributed by atoms with Gasteiger partial charge in [-0.25, -0.2) is 0 Å². The van der Waals surface area contributed by atoms with Crippen LogP contribution >= 0.6 is 0 Å². The van der Waals surface area contributed by atoms with E-state index in [0.29, 0.717) is 11.2 Å². The van der Waals surface area contributed by atoms with E-state index in [9.17, 15) is 9.59 Å². The van der Waals surface area contributed by atoms with E-state index in [-0.39, 0.29) is 0 Å². The van der Waals surface area contributed by atoms with Crippen molar-refractivity contribution in [3.63, 3.8) is 0 Å². The molecule has 0 fully saturated rings. The van der Waals surface area contributed by atoms with Crippen molar-refractivity contribution in [3.8, 4) is 0 Å². The van der Waals surface area contributed by atoms with Crippen molar-refractivity contribution >= 4 is 28.4 Å². The lowest BCUT2D eigenvalue weighted by atomic mass is 9.98. The Bertz CT molecular complexity index is 1100. The molecular weight excluding hydrogens is 362 g/mol. The van der Waals surface area contributed by atoms with Gasteiger partial charge in [0, 0.05) is 11.6 Å². The predicted octanol–water partition coefficient (Wildman–Crippen LogP) is 4.08. The van der Waals surface area contributed by atoms with E-state index in [2.05, 4.69) is 15.6 Å². The van der Waals surface area contributed by atoms with Crippen LogP contribution in [-0.4, -0.2) is 16.8 Å². The van der Waals surface area contributed by atoms with Gasteiger partial charge in [-0.2, -0.15) is 0 Å². The fourth-order valence-corrected chi connectivity index (χ4v) is 3.23. The van der Waals surface area contributed by atoms with E-state index in [1.54, 1.807) is 12.3 Å². The number of rotatable bonds is 4. The summed E-state index contributed by atoms with van der Waals surface area (Å²) in [6.07, 6.45) is 1.65. The normalized spacial score (nSPS) is 10.7. The number of nitrogens with zero attached hydrogens (tertiary/aromatic N) is 1. The molecule has 3 aromatic carbocycles. The molecule has 5 nitrogen and oxygen atoms in total. The minimum absolute atomic E-state index is 0.429. The van der Waals surface area contributed by atoms with Crippen molar-refractivity contribution in [1.29, 1.82) is 0 Å². The zero-order valence-corrected chi connectivity index (χ0v) is 15.6. The second-order valence-corrected chi connectivity index (χ2v) is 6.56. The van der Waals surface area contributed by atoms with Crippen molar-refractivity contribution in [2.45, 2.75) is 6.04 Å². The van der Waals surface area contributed by atoms with Crippen LogP contribution in [0, 0.1) is 0 Å². The first kappa shape index (κ1) is 18.4. The topological polar surface area (TPSA) is 71.1 Å². The van der Waals surface area contributed by atoms with Gasteiger partial charge in [0.1, 0.15) is 0 Å². The molecule has 4 rings (SSSR count). The lowest BCUT2D eigenvalue weighted by molar-refractivity contribution is -0.136. The summed E-state index contributed by atoms with van der Waals surface area (Å²) < 4.78 is 0. The Balaban J connectivity index is 1.57. The van der Waals surface area contributed by atoms with Crippen LogP contribution in [0.2, 0.25) is 0 Å². The minimum Gasteiger partial charge on any atom is -0.337 e. The van der Waals surface area contributed by atoms with Gasteiger partial charge in [0.25, 0.3) is 0 Å². The quantitative estimate of drug-likeness (QED) is 0.523. The minimum atomic E-state index is -0.736. The molecule has 0 saturated carbocycles. The van der Waals surface area contributed by atoms with E-state index >= 15 is 0 Å². The Morgan fingerprint density at radius 3 is 1.97 bits per heavy atom. The molecule has 0 radical (unpaired) electrons. The molecule has 0 aliphatic heterocycles. The number of pyridine rings is 1. The number of carbonyl (C=O) groups excluding carboxylic acids is 2. The maximum atomic E-state index is 12.7. The van der Waals surface area contributed by atoms with Crippen LogP contribution in [-0.2, 0) is 9.59 Å². The van der Waals surface area contributed by atoms with Crippen molar-refractivity contribution in [2.75, 3.05) is 5.32 Å². The second-order valence-electron chi connectivity index (χ2n) is 6.56. The Labute approximate surface area is 168 Å². The first-order valence-corrected chi connectivity index (χ1v) is 9.28. The van der Waals surface area contributed by atoms with Crippen molar-refractivity contribution in [3.05, 3.63) is 108 Å². The number of anilines is 1. The van der Waals surface area contributed by atoms with Crippen LogP contribution in [0.1, 0.15) is 17.2 Å². The molecule has 29 heavy (non-hydrogen) atoms. The van der Waals surface area contributed by atoms with Gasteiger partial charge >= 0.3 is 11.8 Å². The maximum Gasteiger partial charge on any atom is 0.313 e. The highest BCUT2D eigenvalue weighted by molar-refractivity contribution is 6.40. The molecule has 0 saturated heterocycles. The molecule has 2 amide bonds. The van der Waals surface area contributed by atoms with Gasteiger partial charge in [0.05, 0.1) is 17.2 Å². The molecule has 1 aromatic heterocycles. The first-order valence-electron chi connectivity index (χ1n) is 9.28. The molecule has 1 heterocycles. The number of hydrogen-bond acceptors (Lipinski definition) is 3. The summed E-state index contributed by atoms with van der Waals surface area (Å²) in [5.41, 5.74) is 2.93. The van der Waals surface area contributed by atoms with Crippen LogP contribution in [0.4, 0.5) is 5.69 Å². The highest BCUT2D eigenvalue weighted by Gasteiger charge is 2.22. The summed E-state index contributed by atoms with van der Waals surface area (Å²) in [5.74, 6) is -1.45. The average Bonchev–Trinajstić information content (AvgIpc) is 2.78. The fraction of sp³-hybridized carbons (Fsp3) is 0.0417. The number of nitrogens with one attached hydrogen (secondary N) is 2. The van der Waals surface area contributed by atoms with E-state index < -0.39 is 17.9 Å². The molecule has 4 aromatic rings. The highest BCUT2D eigenvalue weighted by Crippen LogP contribution is 2.23. The third-order valence-electron chi connectivity index (χ3n) is 4.63. The summed E-state index contributed by atoms with van der Waals surface area (Å²) in [6, 6.07) is 27.9. The molecule has 0 unspecified atom stereocenters. The smallest absolute Gasteiger partial charge is 0.313 e. The van der Waals surface area contributed by atoms with E-state index in [1.807, 2.05) is 84.9 Å². The Morgan fingerprint density at radius 1 is 0.690 bits per heavy atom. The summed E-state index contributed by atoms with van der Waals surface area (Å²) in [6.45, 7) is 0. The van der Waals surface area contributed by atoms with Gasteiger partial charge in [-0.05, 0) is 23.3 Å². The molecule has 0 bridgehead atoms. The van der Waals surface area contributed by atoms with Crippen LogP contribution in [0.15, 0.2) is 97.2 Å². The molecule has 0 aliphatic carbocycles. The van der Waals surface area contributed by atoms with Gasteiger partial charge in [0.15, 0.2) is 0 Å². The number of fused-ring (bicyclic) bond motifs is 1. The first-order chi connectivity index (χ1) is 14.2. The lowest BCUT2D eigenvalue weighted by Gasteiger charge is -2.19. The summed E-state index contributed by atoms with van der Waals surface area (Å²) in [5, 5.41) is 6.41. The number of carbonyl (C=O) groups is 2. The van der Waals surface area contributed by atoms with Gasteiger partial charge in [-0.15, -0.1) is 0 Å². The molecule has 2 N–H and O–H groups in total. The molecule has 0 aliphatic rings. The SMILES string of the molecule is O=C(Nc1cccc2cccnc12)C(=O)NC(c1ccccc1)c1ccccc1. The van der Waals surface area contributed by atoms with Gasteiger partial charge in [0.2, 0.25) is 0 Å². The fourth-order valence-electron chi connectivity index (χ4n) is 3.23. The van der Waals surface area contributed by atoms with Crippen LogP contribution < -0.4 is 10.6 Å². The molecule has 0 atom stereocenters. The molecule has 0 spiro atoms. The lowest BCUT2D eigenvalue weighted by Crippen LogP contribution is -2.38. The number of hydrogen-bond donors (Lipinski definition) is 2. The van der Waals surface area contributed by atoms with Crippen molar-refractivity contribution in [1.82, 2.24) is 10.3 Å². The summed E-state index contributed by atoms with van der Waals surface area (Å²) in [7, 11) is 0. The highest BCUT2D eigenvalue weighted by atomic mass is 16.2. The van der Waals surface area contributed by atoms with Crippen molar-refractivity contribution in [2.24, 2.45) is 0 Å². The second kappa shape index (κ2) is 8.35. The van der Waals surface area contributed by atoms with Gasteiger partial charge in [-0.1, -0.05) is 78.9 Å². The third-order valence-corrected chi connectivity index (χ3v) is 4.63. The Kier molecular flexibility index (Phi) is 5.29. The zero-order chi connectivity index (χ0) is 20.1. The van der Waals surface area contributed by atoms with Crippen LogP contribution in [0.5, 0.6) is 0 Å². The number of benzene rings is 3. The monoisotopic (exact) mass is 381 g/mol. The maximum absolute atomic E-state index is 12.7. The largest absolute Gasteiger partial charge is 0.337 e.